The third-order valence-corrected chi connectivity index (χ3v) is 17.2. The highest BCUT2D eigenvalue weighted by Crippen LogP contribution is 2.41. The van der Waals surface area contributed by atoms with Crippen molar-refractivity contribution in [3.8, 4) is 22.5 Å². The van der Waals surface area contributed by atoms with Crippen molar-refractivity contribution in [2.45, 2.75) is 0 Å². The molecular formula is C56H38N2OSi. The highest BCUT2D eigenvalue weighted by Gasteiger charge is 2.41. The van der Waals surface area contributed by atoms with Crippen molar-refractivity contribution in [3.63, 3.8) is 0 Å². The second-order valence-corrected chi connectivity index (χ2v) is 19.5. The molecule has 0 spiro atoms. The Labute approximate surface area is 348 Å². The second-order valence-electron chi connectivity index (χ2n) is 15.7. The molecule has 0 fully saturated rings. The first kappa shape index (κ1) is 34.4. The van der Waals surface area contributed by atoms with Gasteiger partial charge >= 0.3 is 0 Å². The highest BCUT2D eigenvalue weighted by molar-refractivity contribution is 7.20. The van der Waals surface area contributed by atoms with E-state index in [0.717, 1.165) is 44.5 Å². The van der Waals surface area contributed by atoms with Crippen molar-refractivity contribution < 1.29 is 4.42 Å². The molecule has 0 saturated carbocycles. The number of hydrogen-bond donors (Lipinski definition) is 0. The first-order chi connectivity index (χ1) is 29.8. The van der Waals surface area contributed by atoms with Gasteiger partial charge in [-0.25, -0.2) is 0 Å². The van der Waals surface area contributed by atoms with Crippen LogP contribution in [0.3, 0.4) is 0 Å². The Morgan fingerprint density at radius 3 is 1.37 bits per heavy atom. The highest BCUT2D eigenvalue weighted by atomic mass is 28.3. The van der Waals surface area contributed by atoms with Crippen LogP contribution in [-0.4, -0.2) is 17.2 Å². The van der Waals surface area contributed by atoms with Crippen molar-refractivity contribution in [1.82, 2.24) is 9.13 Å². The third-order valence-electron chi connectivity index (χ3n) is 12.5. The Morgan fingerprint density at radius 1 is 0.317 bits per heavy atom. The van der Waals surface area contributed by atoms with Crippen molar-refractivity contribution in [2.75, 3.05) is 0 Å². The topological polar surface area (TPSA) is 23.0 Å². The molecule has 282 valence electrons. The minimum Gasteiger partial charge on any atom is -0.439 e. The lowest BCUT2D eigenvalue weighted by Gasteiger charge is -2.34. The van der Waals surface area contributed by atoms with E-state index in [-0.39, 0.29) is 0 Å². The smallest absolute Gasteiger partial charge is 0.213 e. The van der Waals surface area contributed by atoms with Crippen LogP contribution in [0.4, 0.5) is 0 Å². The average Bonchev–Trinajstić information content (AvgIpc) is 3.97. The van der Waals surface area contributed by atoms with Gasteiger partial charge in [-0.1, -0.05) is 170 Å². The summed E-state index contributed by atoms with van der Waals surface area (Å²) < 4.78 is 11.4. The Kier molecular flexibility index (Phi) is 7.87. The standard InChI is InChI=1S/C56H38N2OSi/c1-6-18-41(19-7-1)57-52-33-30-39(40-31-35-54-50(37-40)55-47-28-16-17-29-51(47)58(56(55)59-54)42-20-8-2-9-21-42)36-48(52)49-38-46(32-34-53(49)57)60(43-22-10-3-11-23-43,44-24-12-4-13-25-44)45-26-14-5-15-27-45/h1-38H. The van der Waals surface area contributed by atoms with E-state index in [9.17, 15) is 0 Å². The molecule has 0 unspecified atom stereocenters. The zero-order valence-corrected chi connectivity index (χ0v) is 33.7. The van der Waals surface area contributed by atoms with E-state index < -0.39 is 8.07 Å². The molecule has 0 bridgehead atoms. The monoisotopic (exact) mass is 782 g/mol. The average molecular weight is 783 g/mol. The second kappa shape index (κ2) is 13.7. The van der Waals surface area contributed by atoms with E-state index in [1.165, 1.54) is 53.5 Å². The summed E-state index contributed by atoms with van der Waals surface area (Å²) in [6.45, 7) is 0. The van der Waals surface area contributed by atoms with Gasteiger partial charge in [-0.3, -0.25) is 4.57 Å². The van der Waals surface area contributed by atoms with Gasteiger partial charge in [-0.2, -0.15) is 0 Å². The lowest BCUT2D eigenvalue weighted by molar-refractivity contribution is 0.645. The number of nitrogens with zero attached hydrogens (tertiary/aromatic N) is 2. The van der Waals surface area contributed by atoms with Gasteiger partial charge in [0.15, 0.2) is 8.07 Å². The quantitative estimate of drug-likeness (QED) is 0.117. The molecule has 12 aromatic rings. The molecule has 12 rings (SSSR count). The SMILES string of the molecule is c1ccc(-n2c3ccc(-c4ccc5oc6c(c5c4)c4ccccc4n6-c4ccccc4)cc3c3cc([Si](c4ccccc4)(c4ccccc4)c4ccccc4)ccc32)cc1. The van der Waals surface area contributed by atoms with Gasteiger partial charge in [0, 0.05) is 32.9 Å². The van der Waals surface area contributed by atoms with E-state index in [1.54, 1.807) is 0 Å². The summed E-state index contributed by atoms with van der Waals surface area (Å²) in [7, 11) is -2.77. The molecule has 9 aromatic carbocycles. The third kappa shape index (κ3) is 5.14. The normalized spacial score (nSPS) is 12.0. The molecule has 3 nitrogen and oxygen atoms in total. The van der Waals surface area contributed by atoms with Crippen molar-refractivity contribution in [2.24, 2.45) is 0 Å². The molecule has 3 aromatic heterocycles. The zero-order valence-electron chi connectivity index (χ0n) is 32.7. The number of para-hydroxylation sites is 3. The molecule has 0 atom stereocenters. The van der Waals surface area contributed by atoms with Gasteiger partial charge < -0.3 is 8.98 Å². The fourth-order valence-corrected chi connectivity index (χ4v) is 14.6. The minimum absolute atomic E-state index is 0.867. The van der Waals surface area contributed by atoms with Crippen LogP contribution < -0.4 is 20.7 Å². The Bertz CT molecular complexity index is 3420. The predicted molar refractivity (Wildman–Crippen MR) is 254 cm³/mol. The van der Waals surface area contributed by atoms with Crippen LogP contribution in [0.5, 0.6) is 0 Å². The van der Waals surface area contributed by atoms with Crippen LogP contribution in [0.25, 0.3) is 77.3 Å². The summed E-state index contributed by atoms with van der Waals surface area (Å²) in [6.07, 6.45) is 0. The maximum absolute atomic E-state index is 6.71. The fraction of sp³-hybridized carbons (Fsp3) is 0. The van der Waals surface area contributed by atoms with Crippen LogP contribution >= 0.6 is 0 Å². The molecule has 3 heterocycles. The molecule has 0 N–H and O–H groups in total. The molecular weight excluding hydrogens is 745 g/mol. The van der Waals surface area contributed by atoms with Crippen LogP contribution in [-0.2, 0) is 0 Å². The van der Waals surface area contributed by atoms with Crippen molar-refractivity contribution in [1.29, 1.82) is 0 Å². The van der Waals surface area contributed by atoms with Crippen molar-refractivity contribution >= 4 is 83.6 Å². The van der Waals surface area contributed by atoms with Gasteiger partial charge in [0.1, 0.15) is 5.58 Å². The van der Waals surface area contributed by atoms with Crippen LogP contribution in [0.2, 0.25) is 0 Å². The number of aromatic nitrogens is 2. The van der Waals surface area contributed by atoms with E-state index in [2.05, 4.69) is 240 Å². The maximum atomic E-state index is 6.71. The summed E-state index contributed by atoms with van der Waals surface area (Å²) in [4.78, 5) is 0. The maximum Gasteiger partial charge on any atom is 0.213 e. The fourth-order valence-electron chi connectivity index (χ4n) is 9.86. The number of furan rings is 1. The minimum atomic E-state index is -2.77. The molecule has 0 aliphatic rings. The van der Waals surface area contributed by atoms with E-state index in [1.807, 2.05) is 0 Å². The Morgan fingerprint density at radius 2 is 0.767 bits per heavy atom. The van der Waals surface area contributed by atoms with Crippen molar-refractivity contribution in [3.05, 3.63) is 231 Å². The van der Waals surface area contributed by atoms with Gasteiger partial charge in [-0.15, -0.1) is 0 Å². The molecule has 0 saturated heterocycles. The van der Waals surface area contributed by atoms with Crippen LogP contribution in [0, 0.1) is 0 Å². The summed E-state index contributed by atoms with van der Waals surface area (Å²) in [5.74, 6) is 0. The Balaban J connectivity index is 1.12. The van der Waals surface area contributed by atoms with E-state index >= 15 is 0 Å². The molecule has 0 aliphatic heterocycles. The first-order valence-corrected chi connectivity index (χ1v) is 22.6. The van der Waals surface area contributed by atoms with Crippen LogP contribution in [0.15, 0.2) is 235 Å². The van der Waals surface area contributed by atoms with Gasteiger partial charge in [0.05, 0.1) is 21.9 Å². The Hall–Kier alpha value is -7.66. The molecule has 0 amide bonds. The lowest BCUT2D eigenvalue weighted by Crippen LogP contribution is -2.74. The molecule has 0 radical (unpaired) electrons. The zero-order chi connectivity index (χ0) is 39.6. The van der Waals surface area contributed by atoms with E-state index in [4.69, 9.17) is 4.42 Å². The molecule has 4 heteroatoms. The summed E-state index contributed by atoms with van der Waals surface area (Å²) >= 11 is 0. The first-order valence-electron chi connectivity index (χ1n) is 20.6. The summed E-state index contributed by atoms with van der Waals surface area (Å²) in [5.41, 5.74) is 9.81. The van der Waals surface area contributed by atoms with Gasteiger partial charge in [0.25, 0.3) is 0 Å². The van der Waals surface area contributed by atoms with E-state index in [0.29, 0.717) is 0 Å². The van der Waals surface area contributed by atoms with Gasteiger partial charge in [-0.05, 0) is 92.5 Å². The number of hydrogen-bond acceptors (Lipinski definition) is 1. The summed E-state index contributed by atoms with van der Waals surface area (Å²) in [5, 5.41) is 11.4. The number of benzene rings is 9. The lowest BCUT2D eigenvalue weighted by atomic mass is 10.0. The molecule has 0 aliphatic carbocycles. The summed E-state index contributed by atoms with van der Waals surface area (Å²) in [6, 6.07) is 84.4. The number of fused-ring (bicyclic) bond motifs is 8. The van der Waals surface area contributed by atoms with Gasteiger partial charge in [0.2, 0.25) is 5.71 Å². The largest absolute Gasteiger partial charge is 0.439 e. The van der Waals surface area contributed by atoms with Crippen LogP contribution in [0.1, 0.15) is 0 Å². The predicted octanol–water partition coefficient (Wildman–Crippen LogP) is 11.7. The molecule has 60 heavy (non-hydrogen) atoms. The number of rotatable bonds is 7.